The molecule has 4 heteroatoms. The molecule has 1 saturated heterocycles. The normalized spacial score (nSPS) is 24.0. The molecule has 0 aliphatic carbocycles. The van der Waals surface area contributed by atoms with Gasteiger partial charge in [-0.1, -0.05) is 13.0 Å². The summed E-state index contributed by atoms with van der Waals surface area (Å²) >= 11 is 0. The van der Waals surface area contributed by atoms with Crippen molar-refractivity contribution in [3.8, 4) is 0 Å². The molecule has 2 rings (SSSR count). The monoisotopic (exact) mass is 247 g/mol. The summed E-state index contributed by atoms with van der Waals surface area (Å²) in [4.78, 5) is 18.3. The van der Waals surface area contributed by atoms with Crippen molar-refractivity contribution in [3.05, 3.63) is 30.1 Å². The second kappa shape index (κ2) is 5.96. The van der Waals surface area contributed by atoms with Crippen LogP contribution in [0.15, 0.2) is 24.5 Å². The van der Waals surface area contributed by atoms with Gasteiger partial charge in [0.05, 0.1) is 6.42 Å². The fourth-order valence-corrected chi connectivity index (χ4v) is 2.70. The van der Waals surface area contributed by atoms with Gasteiger partial charge in [0.1, 0.15) is 0 Å². The molecular formula is C14H21N3O. The summed E-state index contributed by atoms with van der Waals surface area (Å²) < 4.78 is 0. The Kier molecular flexibility index (Phi) is 4.31. The van der Waals surface area contributed by atoms with Gasteiger partial charge in [-0.2, -0.15) is 0 Å². The van der Waals surface area contributed by atoms with Crippen molar-refractivity contribution in [2.24, 2.45) is 11.7 Å². The van der Waals surface area contributed by atoms with Gasteiger partial charge in [0.2, 0.25) is 5.91 Å². The molecule has 2 unspecified atom stereocenters. The highest BCUT2D eigenvalue weighted by atomic mass is 16.2. The molecule has 0 bridgehead atoms. The van der Waals surface area contributed by atoms with E-state index < -0.39 is 0 Å². The number of nitrogens with two attached hydrogens (primary N) is 1. The van der Waals surface area contributed by atoms with Crippen LogP contribution in [0, 0.1) is 5.92 Å². The molecule has 1 fully saturated rings. The second-order valence-corrected chi connectivity index (χ2v) is 5.05. The van der Waals surface area contributed by atoms with Crippen molar-refractivity contribution in [1.82, 2.24) is 9.88 Å². The first-order valence-electron chi connectivity index (χ1n) is 6.61. The standard InChI is InChI=1S/C14H21N3O/c1-11-4-3-7-17(13(11)9-15)14(18)8-12-5-2-6-16-10-12/h2,5-6,10-11,13H,3-4,7-9,15H2,1H3. The van der Waals surface area contributed by atoms with Crippen LogP contribution in [-0.2, 0) is 11.2 Å². The van der Waals surface area contributed by atoms with Crippen LogP contribution in [-0.4, -0.2) is 34.9 Å². The number of aromatic nitrogens is 1. The Morgan fingerprint density at radius 3 is 3.11 bits per heavy atom. The zero-order chi connectivity index (χ0) is 13.0. The van der Waals surface area contributed by atoms with Crippen LogP contribution in [0.25, 0.3) is 0 Å². The fraction of sp³-hybridized carbons (Fsp3) is 0.571. The lowest BCUT2D eigenvalue weighted by molar-refractivity contribution is -0.135. The van der Waals surface area contributed by atoms with E-state index in [2.05, 4.69) is 11.9 Å². The molecule has 0 radical (unpaired) electrons. The topological polar surface area (TPSA) is 59.2 Å². The maximum absolute atomic E-state index is 12.3. The predicted octanol–water partition coefficient (Wildman–Crippen LogP) is 1.21. The van der Waals surface area contributed by atoms with Crippen molar-refractivity contribution < 1.29 is 4.79 Å². The minimum atomic E-state index is 0.171. The summed E-state index contributed by atoms with van der Waals surface area (Å²) in [5.74, 6) is 0.673. The van der Waals surface area contributed by atoms with Crippen LogP contribution < -0.4 is 5.73 Å². The third-order valence-electron chi connectivity index (χ3n) is 3.76. The van der Waals surface area contributed by atoms with Crippen molar-refractivity contribution in [2.75, 3.05) is 13.1 Å². The fourth-order valence-electron chi connectivity index (χ4n) is 2.70. The number of carbonyl (C=O) groups excluding carboxylic acids is 1. The molecule has 0 aromatic carbocycles. The Bertz CT molecular complexity index is 393. The number of piperidine rings is 1. The summed E-state index contributed by atoms with van der Waals surface area (Å²) in [5.41, 5.74) is 6.78. The van der Waals surface area contributed by atoms with E-state index in [9.17, 15) is 4.79 Å². The summed E-state index contributed by atoms with van der Waals surface area (Å²) in [6.07, 6.45) is 6.15. The molecule has 2 heterocycles. The summed E-state index contributed by atoms with van der Waals surface area (Å²) in [6.45, 7) is 3.58. The third kappa shape index (κ3) is 2.88. The maximum atomic E-state index is 12.3. The number of hydrogen-bond acceptors (Lipinski definition) is 3. The van der Waals surface area contributed by atoms with Gasteiger partial charge in [-0.3, -0.25) is 9.78 Å². The molecular weight excluding hydrogens is 226 g/mol. The van der Waals surface area contributed by atoms with Crippen LogP contribution in [0.2, 0.25) is 0 Å². The smallest absolute Gasteiger partial charge is 0.227 e. The zero-order valence-corrected chi connectivity index (χ0v) is 10.9. The van der Waals surface area contributed by atoms with E-state index in [1.54, 1.807) is 12.4 Å². The number of amides is 1. The lowest BCUT2D eigenvalue weighted by atomic mass is 9.90. The second-order valence-electron chi connectivity index (χ2n) is 5.05. The molecule has 1 amide bonds. The molecule has 1 aromatic heterocycles. The number of likely N-dealkylation sites (tertiary alicyclic amines) is 1. The molecule has 4 nitrogen and oxygen atoms in total. The highest BCUT2D eigenvalue weighted by molar-refractivity contribution is 5.79. The van der Waals surface area contributed by atoms with Gasteiger partial charge in [-0.25, -0.2) is 0 Å². The van der Waals surface area contributed by atoms with Crippen molar-refractivity contribution >= 4 is 5.91 Å². The Balaban J connectivity index is 2.03. The summed E-state index contributed by atoms with van der Waals surface area (Å²) in [6, 6.07) is 4.00. The van der Waals surface area contributed by atoms with E-state index in [1.165, 1.54) is 6.42 Å². The lowest BCUT2D eigenvalue weighted by Gasteiger charge is -2.39. The van der Waals surface area contributed by atoms with Crippen molar-refractivity contribution in [2.45, 2.75) is 32.2 Å². The Hall–Kier alpha value is -1.42. The van der Waals surface area contributed by atoms with Gasteiger partial charge in [0.15, 0.2) is 0 Å². The molecule has 18 heavy (non-hydrogen) atoms. The number of rotatable bonds is 3. The summed E-state index contributed by atoms with van der Waals surface area (Å²) in [7, 11) is 0. The van der Waals surface area contributed by atoms with E-state index in [-0.39, 0.29) is 11.9 Å². The number of nitrogens with zero attached hydrogens (tertiary/aromatic N) is 2. The van der Waals surface area contributed by atoms with Gasteiger partial charge < -0.3 is 10.6 Å². The van der Waals surface area contributed by atoms with Crippen LogP contribution in [0.5, 0.6) is 0 Å². The Morgan fingerprint density at radius 2 is 2.44 bits per heavy atom. The molecule has 0 saturated carbocycles. The molecule has 1 aliphatic heterocycles. The van der Waals surface area contributed by atoms with E-state index in [0.717, 1.165) is 18.5 Å². The average molecular weight is 247 g/mol. The van der Waals surface area contributed by atoms with E-state index in [1.807, 2.05) is 17.0 Å². The number of hydrogen-bond donors (Lipinski definition) is 1. The van der Waals surface area contributed by atoms with Gasteiger partial charge in [0.25, 0.3) is 0 Å². The number of pyridine rings is 1. The highest BCUT2D eigenvalue weighted by Crippen LogP contribution is 2.23. The van der Waals surface area contributed by atoms with Crippen LogP contribution in [0.3, 0.4) is 0 Å². The highest BCUT2D eigenvalue weighted by Gasteiger charge is 2.30. The predicted molar refractivity (Wildman–Crippen MR) is 70.9 cm³/mol. The van der Waals surface area contributed by atoms with E-state index in [0.29, 0.717) is 18.9 Å². The largest absolute Gasteiger partial charge is 0.338 e. The first kappa shape index (κ1) is 13.0. The minimum absolute atomic E-state index is 0.171. The van der Waals surface area contributed by atoms with Crippen molar-refractivity contribution in [1.29, 1.82) is 0 Å². The molecule has 98 valence electrons. The van der Waals surface area contributed by atoms with Gasteiger partial charge in [-0.15, -0.1) is 0 Å². The number of carbonyl (C=O) groups is 1. The van der Waals surface area contributed by atoms with Gasteiger partial charge >= 0.3 is 0 Å². The van der Waals surface area contributed by atoms with Gasteiger partial charge in [0, 0.05) is 31.5 Å². The van der Waals surface area contributed by atoms with Crippen molar-refractivity contribution in [3.63, 3.8) is 0 Å². The SMILES string of the molecule is CC1CCCN(C(=O)Cc2cccnc2)C1CN. The van der Waals surface area contributed by atoms with Crippen LogP contribution in [0.1, 0.15) is 25.3 Å². The molecule has 2 atom stereocenters. The first-order chi connectivity index (χ1) is 8.72. The lowest BCUT2D eigenvalue weighted by Crippen LogP contribution is -2.51. The van der Waals surface area contributed by atoms with E-state index >= 15 is 0 Å². The Morgan fingerprint density at radius 1 is 1.61 bits per heavy atom. The van der Waals surface area contributed by atoms with Gasteiger partial charge in [-0.05, 0) is 30.4 Å². The molecule has 1 aromatic rings. The molecule has 2 N–H and O–H groups in total. The quantitative estimate of drug-likeness (QED) is 0.873. The van der Waals surface area contributed by atoms with E-state index in [4.69, 9.17) is 5.73 Å². The van der Waals surface area contributed by atoms with Crippen LogP contribution in [0.4, 0.5) is 0 Å². The van der Waals surface area contributed by atoms with Crippen LogP contribution >= 0.6 is 0 Å². The molecule has 1 aliphatic rings. The average Bonchev–Trinajstić information content (AvgIpc) is 2.39. The Labute approximate surface area is 108 Å². The summed E-state index contributed by atoms with van der Waals surface area (Å²) in [5, 5.41) is 0. The third-order valence-corrected chi connectivity index (χ3v) is 3.76. The maximum Gasteiger partial charge on any atom is 0.227 e. The molecule has 0 spiro atoms. The minimum Gasteiger partial charge on any atom is -0.338 e. The first-order valence-corrected chi connectivity index (χ1v) is 6.61. The zero-order valence-electron chi connectivity index (χ0n) is 10.9.